The third-order valence-electron chi connectivity index (χ3n) is 8.11. The Bertz CT molecular complexity index is 1020. The Hall–Kier alpha value is -2.06. The van der Waals surface area contributed by atoms with E-state index in [9.17, 15) is 14.3 Å². The Morgan fingerprint density at radius 2 is 1.08 bits per heavy atom. The molecule has 8 nitrogen and oxygen atoms in total. The first kappa shape index (κ1) is 49.9. The number of hydrogen-bond acceptors (Lipinski definition) is 7. The molecule has 3 N–H and O–H groups in total. The summed E-state index contributed by atoms with van der Waals surface area (Å²) in [5, 5.41) is 0. The van der Waals surface area contributed by atoms with Gasteiger partial charge in [0.15, 0.2) is 0 Å². The molecule has 2 atom stereocenters. The number of nitrogens with two attached hydrogens (primary N) is 1. The highest BCUT2D eigenvalue weighted by Gasteiger charge is 2.25. The van der Waals surface area contributed by atoms with Gasteiger partial charge in [0, 0.05) is 19.6 Å². The lowest BCUT2D eigenvalue weighted by Gasteiger charge is -2.20. The van der Waals surface area contributed by atoms with Gasteiger partial charge in [0.05, 0.1) is 19.8 Å². The maximum Gasteiger partial charge on any atom is 0.472 e. The van der Waals surface area contributed by atoms with Gasteiger partial charge in [-0.15, -0.1) is 0 Å². The van der Waals surface area contributed by atoms with Gasteiger partial charge < -0.3 is 20.1 Å². The average molecular weight is 750 g/mol. The van der Waals surface area contributed by atoms with Crippen molar-refractivity contribution in [3.63, 3.8) is 0 Å². The molecule has 0 aromatic heterocycles. The minimum Gasteiger partial charge on any atom is -0.457 e. The van der Waals surface area contributed by atoms with Crippen molar-refractivity contribution in [1.29, 1.82) is 0 Å². The first-order valence-corrected chi connectivity index (χ1v) is 21.9. The Morgan fingerprint density at radius 1 is 0.596 bits per heavy atom. The van der Waals surface area contributed by atoms with Gasteiger partial charge in [-0.1, -0.05) is 145 Å². The minimum atomic E-state index is -4.29. The van der Waals surface area contributed by atoms with Gasteiger partial charge in [0.25, 0.3) is 0 Å². The molecule has 0 aliphatic heterocycles. The Kier molecular flexibility index (Phi) is 38.5. The predicted molar refractivity (Wildman–Crippen MR) is 219 cm³/mol. The zero-order chi connectivity index (χ0) is 38.1. The van der Waals surface area contributed by atoms with Crippen LogP contribution in [0.15, 0.2) is 72.9 Å². The smallest absolute Gasteiger partial charge is 0.457 e. The molecule has 0 heterocycles. The zero-order valence-electron chi connectivity index (χ0n) is 33.0. The molecule has 300 valence electrons. The van der Waals surface area contributed by atoms with E-state index in [1.165, 1.54) is 70.6 Å². The van der Waals surface area contributed by atoms with Gasteiger partial charge in [-0.25, -0.2) is 4.57 Å². The summed E-state index contributed by atoms with van der Waals surface area (Å²) in [6.07, 6.45) is 49.2. The summed E-state index contributed by atoms with van der Waals surface area (Å²) < 4.78 is 33.3. The molecular formula is C43H76NO7P. The van der Waals surface area contributed by atoms with Crippen LogP contribution in [0.5, 0.6) is 0 Å². The fourth-order valence-electron chi connectivity index (χ4n) is 5.14. The molecule has 0 aliphatic carbocycles. The highest BCUT2D eigenvalue weighted by molar-refractivity contribution is 7.47. The predicted octanol–water partition coefficient (Wildman–Crippen LogP) is 12.0. The van der Waals surface area contributed by atoms with Crippen molar-refractivity contribution >= 4 is 13.8 Å². The summed E-state index contributed by atoms with van der Waals surface area (Å²) in [6, 6.07) is 0. The topological polar surface area (TPSA) is 117 Å². The number of allylic oxidation sites excluding steroid dienone is 12. The van der Waals surface area contributed by atoms with E-state index in [4.69, 9.17) is 24.3 Å². The lowest BCUT2D eigenvalue weighted by molar-refractivity contribution is -0.154. The number of carbonyl (C=O) groups excluding carboxylic acids is 1. The fourth-order valence-corrected chi connectivity index (χ4v) is 5.91. The molecule has 0 radical (unpaired) electrons. The van der Waals surface area contributed by atoms with Crippen LogP contribution in [0.2, 0.25) is 0 Å². The molecule has 0 fully saturated rings. The minimum absolute atomic E-state index is 0.0858. The number of phosphoric acid groups is 1. The van der Waals surface area contributed by atoms with Gasteiger partial charge in [-0.2, -0.15) is 0 Å². The molecule has 0 rings (SSSR count). The SMILES string of the molecule is CC/C=C\C/C=C\C/C=C\C/C=C\C/C=C\CCCC(=O)OC(COCCCCCCCC/C=C\CCCCCCCC)COP(=O)(O)OCCN. The summed E-state index contributed by atoms with van der Waals surface area (Å²) >= 11 is 0. The van der Waals surface area contributed by atoms with Crippen molar-refractivity contribution < 1.29 is 32.8 Å². The molecule has 52 heavy (non-hydrogen) atoms. The maximum atomic E-state index is 12.5. The van der Waals surface area contributed by atoms with E-state index in [-0.39, 0.29) is 32.8 Å². The summed E-state index contributed by atoms with van der Waals surface area (Å²) in [6.45, 7) is 4.69. The first-order valence-electron chi connectivity index (χ1n) is 20.4. The lowest BCUT2D eigenvalue weighted by atomic mass is 10.1. The Labute approximate surface area is 318 Å². The van der Waals surface area contributed by atoms with E-state index in [2.05, 4.69) is 86.8 Å². The summed E-state index contributed by atoms with van der Waals surface area (Å²) in [7, 11) is -4.29. The largest absolute Gasteiger partial charge is 0.472 e. The number of unbranched alkanes of at least 4 members (excludes halogenated alkanes) is 13. The average Bonchev–Trinajstić information content (AvgIpc) is 3.13. The van der Waals surface area contributed by atoms with E-state index in [0.29, 0.717) is 13.0 Å². The second-order valence-corrected chi connectivity index (χ2v) is 14.6. The molecule has 0 aliphatic rings. The van der Waals surface area contributed by atoms with Crippen LogP contribution in [-0.2, 0) is 27.9 Å². The molecule has 9 heteroatoms. The summed E-state index contributed by atoms with van der Waals surface area (Å²) in [5.74, 6) is -0.391. The summed E-state index contributed by atoms with van der Waals surface area (Å²) in [4.78, 5) is 22.4. The van der Waals surface area contributed by atoms with E-state index in [0.717, 1.165) is 57.8 Å². The van der Waals surface area contributed by atoms with Crippen molar-refractivity contribution in [1.82, 2.24) is 0 Å². The van der Waals surface area contributed by atoms with Crippen LogP contribution < -0.4 is 5.73 Å². The second kappa shape index (κ2) is 40.1. The van der Waals surface area contributed by atoms with E-state index in [1.807, 2.05) is 0 Å². The van der Waals surface area contributed by atoms with Crippen LogP contribution in [0.25, 0.3) is 0 Å². The zero-order valence-corrected chi connectivity index (χ0v) is 33.9. The quantitative estimate of drug-likeness (QED) is 0.0277. The van der Waals surface area contributed by atoms with Crippen LogP contribution in [0, 0.1) is 0 Å². The normalized spacial score (nSPS) is 14.3. The van der Waals surface area contributed by atoms with Crippen molar-refractivity contribution in [3.8, 4) is 0 Å². The van der Waals surface area contributed by atoms with Crippen LogP contribution in [-0.4, -0.2) is 49.9 Å². The van der Waals surface area contributed by atoms with Gasteiger partial charge in [0.2, 0.25) is 0 Å². The van der Waals surface area contributed by atoms with E-state index >= 15 is 0 Å². The van der Waals surface area contributed by atoms with Crippen molar-refractivity contribution in [2.75, 3.05) is 33.0 Å². The number of phosphoric ester groups is 1. The van der Waals surface area contributed by atoms with Crippen molar-refractivity contribution in [2.24, 2.45) is 5.73 Å². The molecular weight excluding hydrogens is 673 g/mol. The highest BCUT2D eigenvalue weighted by atomic mass is 31.2. The van der Waals surface area contributed by atoms with Crippen LogP contribution in [0.3, 0.4) is 0 Å². The first-order chi connectivity index (χ1) is 25.4. The highest BCUT2D eigenvalue weighted by Crippen LogP contribution is 2.43. The van der Waals surface area contributed by atoms with E-state index < -0.39 is 19.9 Å². The number of hydrogen-bond donors (Lipinski definition) is 2. The maximum absolute atomic E-state index is 12.5. The number of carbonyl (C=O) groups is 1. The van der Waals surface area contributed by atoms with Crippen molar-refractivity contribution in [2.45, 2.75) is 161 Å². The second-order valence-electron chi connectivity index (χ2n) is 13.1. The molecule has 0 spiro atoms. The lowest BCUT2D eigenvalue weighted by Crippen LogP contribution is -2.28. The third-order valence-corrected chi connectivity index (χ3v) is 9.09. The third kappa shape index (κ3) is 39.2. The Balaban J connectivity index is 4.19. The molecule has 0 amide bonds. The molecule has 0 bridgehead atoms. The molecule has 0 aromatic rings. The van der Waals surface area contributed by atoms with Gasteiger partial charge >= 0.3 is 13.8 Å². The summed E-state index contributed by atoms with van der Waals surface area (Å²) in [5.41, 5.74) is 5.36. The molecule has 0 saturated heterocycles. The van der Waals surface area contributed by atoms with Gasteiger partial charge in [-0.3, -0.25) is 13.8 Å². The molecule has 2 unspecified atom stereocenters. The number of rotatable bonds is 38. The standard InChI is InChI=1S/C43H76NO7P/c1-3-5-7-9-11-13-15-17-19-21-22-24-26-28-30-32-34-36-43(45)51-42(41-50-52(46,47)49-39-37-44)40-48-38-35-33-31-29-27-25-23-20-18-16-14-12-10-8-6-4-2/h5,7,11,13,17-20,22,24,28,30,42H,3-4,6,8-10,12,14-16,21,23,25-27,29,31-41,44H2,1-2H3,(H,46,47)/b7-5-,13-11-,19-17-,20-18-,24-22-,30-28-. The molecule has 0 aromatic carbocycles. The number of ether oxygens (including phenoxy) is 2. The van der Waals surface area contributed by atoms with Gasteiger partial charge in [0.1, 0.15) is 6.10 Å². The van der Waals surface area contributed by atoms with Crippen LogP contribution in [0.4, 0.5) is 0 Å². The fraction of sp³-hybridized carbons (Fsp3) is 0.698. The van der Waals surface area contributed by atoms with Gasteiger partial charge in [-0.05, 0) is 77.0 Å². The van der Waals surface area contributed by atoms with Crippen molar-refractivity contribution in [3.05, 3.63) is 72.9 Å². The number of esters is 1. The van der Waals surface area contributed by atoms with Crippen LogP contribution in [0.1, 0.15) is 155 Å². The van der Waals surface area contributed by atoms with Crippen LogP contribution >= 0.6 is 7.82 Å². The molecule has 0 saturated carbocycles. The Morgan fingerprint density at radius 3 is 1.63 bits per heavy atom. The monoisotopic (exact) mass is 750 g/mol. The van der Waals surface area contributed by atoms with E-state index in [1.54, 1.807) is 0 Å².